The Morgan fingerprint density at radius 1 is 1.28 bits per heavy atom. The summed E-state index contributed by atoms with van der Waals surface area (Å²) in [6.07, 6.45) is 2.02. The van der Waals surface area contributed by atoms with Gasteiger partial charge in [-0.2, -0.15) is 0 Å². The molecule has 0 saturated heterocycles. The van der Waals surface area contributed by atoms with E-state index in [0.29, 0.717) is 0 Å². The molecule has 1 nitrogen and oxygen atoms in total. The number of allylic oxidation sites excluding steroid dienone is 1. The monoisotopic (exact) mass is 282 g/mol. The fourth-order valence-corrected chi connectivity index (χ4v) is 2.64. The lowest BCUT2D eigenvalue weighted by Crippen LogP contribution is -2.40. The number of hydrogen-bond acceptors (Lipinski definition) is 1. The maximum Gasteiger partial charge on any atom is 0.250 e. The fourth-order valence-electron chi connectivity index (χ4n) is 1.35. The van der Waals surface area contributed by atoms with E-state index in [-0.39, 0.29) is 5.04 Å². The first kappa shape index (κ1) is 15.3. The summed E-state index contributed by atoms with van der Waals surface area (Å²) >= 11 is 6.04. The average Bonchev–Trinajstić information content (AvgIpc) is 2.24. The highest BCUT2D eigenvalue weighted by molar-refractivity contribution is 6.74. The topological polar surface area (TPSA) is 9.23 Å². The van der Waals surface area contributed by atoms with Crippen LogP contribution < -0.4 is 0 Å². The van der Waals surface area contributed by atoms with E-state index in [4.69, 9.17) is 16.0 Å². The first-order valence-electron chi connectivity index (χ1n) is 6.28. The van der Waals surface area contributed by atoms with Gasteiger partial charge < -0.3 is 4.43 Å². The Labute approximate surface area is 117 Å². The highest BCUT2D eigenvalue weighted by atomic mass is 35.5. The lowest BCUT2D eigenvalue weighted by Gasteiger charge is -2.37. The minimum absolute atomic E-state index is 0.194. The molecule has 0 atom stereocenters. The third kappa shape index (κ3) is 3.63. The van der Waals surface area contributed by atoms with Crippen molar-refractivity contribution in [1.82, 2.24) is 0 Å². The first-order valence-corrected chi connectivity index (χ1v) is 9.57. The second kappa shape index (κ2) is 5.50. The van der Waals surface area contributed by atoms with E-state index < -0.39 is 8.32 Å². The minimum atomic E-state index is -1.80. The Morgan fingerprint density at radius 2 is 1.89 bits per heavy atom. The van der Waals surface area contributed by atoms with Gasteiger partial charge in [0.05, 0.1) is 0 Å². The molecule has 0 saturated carbocycles. The summed E-state index contributed by atoms with van der Waals surface area (Å²) in [5.41, 5.74) is 1.05. The standard InChI is InChI=1S/C15H23ClOSi/c1-7-14(12-9-8-10-13(16)11-12)17-18(5,6)15(2,3)4/h7-11H,1-6H3. The summed E-state index contributed by atoms with van der Waals surface area (Å²) in [6, 6.07) is 7.82. The van der Waals surface area contributed by atoms with E-state index in [1.54, 1.807) is 0 Å². The Hall–Kier alpha value is -0.733. The lowest BCUT2D eigenvalue weighted by molar-refractivity contribution is 0.457. The zero-order valence-corrected chi connectivity index (χ0v) is 13.9. The van der Waals surface area contributed by atoms with Crippen LogP contribution in [0.2, 0.25) is 23.2 Å². The second-order valence-corrected chi connectivity index (χ2v) is 11.2. The molecule has 0 aliphatic heterocycles. The second-order valence-electron chi connectivity index (χ2n) is 6.03. The predicted molar refractivity (Wildman–Crippen MR) is 83.4 cm³/mol. The van der Waals surface area contributed by atoms with Crippen molar-refractivity contribution in [2.45, 2.75) is 45.8 Å². The molecular formula is C15H23ClOSi. The van der Waals surface area contributed by atoms with Crippen molar-refractivity contribution in [3.63, 3.8) is 0 Å². The highest BCUT2D eigenvalue weighted by Gasteiger charge is 2.39. The molecule has 0 unspecified atom stereocenters. The molecule has 1 rings (SSSR count). The van der Waals surface area contributed by atoms with Crippen LogP contribution in [0.15, 0.2) is 30.3 Å². The molecule has 1 aromatic rings. The van der Waals surface area contributed by atoms with Crippen LogP contribution in [0.1, 0.15) is 33.3 Å². The molecule has 0 aliphatic rings. The SMILES string of the molecule is CC=C(O[Si](C)(C)C(C)(C)C)c1cccc(Cl)c1. The van der Waals surface area contributed by atoms with Gasteiger partial charge >= 0.3 is 0 Å². The van der Waals surface area contributed by atoms with Crippen molar-refractivity contribution in [3.8, 4) is 0 Å². The number of benzene rings is 1. The summed E-state index contributed by atoms with van der Waals surface area (Å²) in [5.74, 6) is 0.934. The van der Waals surface area contributed by atoms with Crippen molar-refractivity contribution in [2.24, 2.45) is 0 Å². The number of halogens is 1. The van der Waals surface area contributed by atoms with Gasteiger partial charge in [-0.1, -0.05) is 44.5 Å². The Balaban J connectivity index is 3.01. The first-order chi connectivity index (χ1) is 8.17. The summed E-state index contributed by atoms with van der Waals surface area (Å²) in [4.78, 5) is 0. The Morgan fingerprint density at radius 3 is 2.33 bits per heavy atom. The van der Waals surface area contributed by atoms with Crippen molar-refractivity contribution >= 4 is 25.7 Å². The zero-order chi connectivity index (χ0) is 14.0. The van der Waals surface area contributed by atoms with E-state index in [1.807, 2.05) is 37.3 Å². The fraction of sp³-hybridized carbons (Fsp3) is 0.467. The van der Waals surface area contributed by atoms with Gasteiger partial charge in [-0.25, -0.2) is 0 Å². The lowest BCUT2D eigenvalue weighted by atomic mass is 10.2. The van der Waals surface area contributed by atoms with Crippen molar-refractivity contribution in [2.75, 3.05) is 0 Å². The summed E-state index contributed by atoms with van der Waals surface area (Å²) < 4.78 is 6.33. The summed E-state index contributed by atoms with van der Waals surface area (Å²) in [7, 11) is -1.80. The molecule has 0 radical (unpaired) electrons. The predicted octanol–water partition coefficient (Wildman–Crippen LogP) is 5.72. The van der Waals surface area contributed by atoms with Crippen molar-refractivity contribution < 1.29 is 4.43 Å². The molecule has 0 aliphatic carbocycles. The number of hydrogen-bond donors (Lipinski definition) is 0. The van der Waals surface area contributed by atoms with E-state index >= 15 is 0 Å². The molecule has 18 heavy (non-hydrogen) atoms. The highest BCUT2D eigenvalue weighted by Crippen LogP contribution is 2.39. The largest absolute Gasteiger partial charge is 0.543 e. The average molecular weight is 283 g/mol. The van der Waals surface area contributed by atoms with Crippen LogP contribution in [0.4, 0.5) is 0 Å². The molecular weight excluding hydrogens is 260 g/mol. The van der Waals surface area contributed by atoms with Gasteiger partial charge in [-0.05, 0) is 43.3 Å². The summed E-state index contributed by atoms with van der Waals surface area (Å²) in [6.45, 7) is 13.2. The van der Waals surface area contributed by atoms with Gasteiger partial charge in [0.15, 0.2) is 0 Å². The van der Waals surface area contributed by atoms with Crippen LogP contribution in [0.5, 0.6) is 0 Å². The normalized spacial score (nSPS) is 13.6. The maximum absolute atomic E-state index is 6.33. The molecule has 1 aromatic carbocycles. The van der Waals surface area contributed by atoms with Gasteiger partial charge in [-0.15, -0.1) is 0 Å². The maximum atomic E-state index is 6.33. The zero-order valence-electron chi connectivity index (χ0n) is 12.2. The van der Waals surface area contributed by atoms with Crippen LogP contribution in [0.25, 0.3) is 5.76 Å². The molecule has 0 N–H and O–H groups in total. The van der Waals surface area contributed by atoms with E-state index in [2.05, 4.69) is 33.9 Å². The van der Waals surface area contributed by atoms with Gasteiger partial charge in [0.1, 0.15) is 5.76 Å². The summed E-state index contributed by atoms with van der Waals surface area (Å²) in [5, 5.41) is 0.936. The third-order valence-corrected chi connectivity index (χ3v) is 8.12. The van der Waals surface area contributed by atoms with Gasteiger partial charge in [0.25, 0.3) is 0 Å². The Bertz CT molecular complexity index is 444. The molecule has 0 spiro atoms. The molecule has 0 bridgehead atoms. The van der Waals surface area contributed by atoms with Crippen molar-refractivity contribution in [1.29, 1.82) is 0 Å². The van der Waals surface area contributed by atoms with Gasteiger partial charge in [0.2, 0.25) is 8.32 Å². The smallest absolute Gasteiger partial charge is 0.250 e. The molecule has 0 heterocycles. The van der Waals surface area contributed by atoms with Crippen LogP contribution in [0.3, 0.4) is 0 Å². The molecule has 3 heteroatoms. The van der Waals surface area contributed by atoms with Crippen molar-refractivity contribution in [3.05, 3.63) is 40.9 Å². The third-order valence-electron chi connectivity index (χ3n) is 3.54. The van der Waals surface area contributed by atoms with Crippen LogP contribution in [-0.2, 0) is 4.43 Å². The molecule has 100 valence electrons. The van der Waals surface area contributed by atoms with Crippen LogP contribution >= 0.6 is 11.6 Å². The van der Waals surface area contributed by atoms with E-state index in [0.717, 1.165) is 16.3 Å². The molecule has 0 amide bonds. The van der Waals surface area contributed by atoms with Gasteiger partial charge in [0, 0.05) is 10.6 Å². The quantitative estimate of drug-likeness (QED) is 0.509. The molecule has 0 aromatic heterocycles. The van der Waals surface area contributed by atoms with E-state index in [1.165, 1.54) is 0 Å². The van der Waals surface area contributed by atoms with Crippen LogP contribution in [-0.4, -0.2) is 8.32 Å². The Kier molecular flexibility index (Phi) is 4.68. The van der Waals surface area contributed by atoms with E-state index in [9.17, 15) is 0 Å². The minimum Gasteiger partial charge on any atom is -0.543 e. The van der Waals surface area contributed by atoms with Crippen LogP contribution in [0, 0.1) is 0 Å². The number of rotatable bonds is 3. The molecule has 0 fully saturated rings. The van der Waals surface area contributed by atoms with Gasteiger partial charge in [-0.3, -0.25) is 0 Å².